The number of rotatable bonds is 5. The third-order valence-corrected chi connectivity index (χ3v) is 2.82. The first-order chi connectivity index (χ1) is 7.66. The minimum absolute atomic E-state index is 0.134. The normalized spacial score (nSPS) is 10.2. The summed E-state index contributed by atoms with van der Waals surface area (Å²) in [4.78, 5) is 13.9. The summed E-state index contributed by atoms with van der Waals surface area (Å²) in [6.07, 6.45) is 3.46. The van der Waals surface area contributed by atoms with E-state index in [2.05, 4.69) is 6.92 Å². The van der Waals surface area contributed by atoms with Gasteiger partial charge >= 0.3 is 0 Å². The van der Waals surface area contributed by atoms with Crippen molar-refractivity contribution in [2.24, 2.45) is 0 Å². The molecule has 0 N–H and O–H groups in total. The van der Waals surface area contributed by atoms with Crippen LogP contribution in [0.5, 0.6) is 0 Å². The van der Waals surface area contributed by atoms with E-state index in [0.29, 0.717) is 0 Å². The van der Waals surface area contributed by atoms with Crippen LogP contribution in [0.4, 0.5) is 0 Å². The van der Waals surface area contributed by atoms with Crippen molar-refractivity contribution in [2.75, 3.05) is 13.6 Å². The Morgan fingerprint density at radius 3 is 2.56 bits per heavy atom. The van der Waals surface area contributed by atoms with Gasteiger partial charge in [0.2, 0.25) is 0 Å². The van der Waals surface area contributed by atoms with E-state index < -0.39 is 0 Å². The van der Waals surface area contributed by atoms with Gasteiger partial charge in [-0.05, 0) is 25.0 Å². The summed E-state index contributed by atoms with van der Waals surface area (Å²) >= 11 is 0. The van der Waals surface area contributed by atoms with Crippen LogP contribution in [-0.4, -0.2) is 24.4 Å². The highest BCUT2D eigenvalue weighted by Crippen LogP contribution is 2.10. The first kappa shape index (κ1) is 12.8. The molecule has 0 radical (unpaired) electrons. The maximum atomic E-state index is 12.1. The average Bonchev–Trinajstić information content (AvgIpc) is 2.29. The zero-order valence-electron chi connectivity index (χ0n) is 10.5. The van der Waals surface area contributed by atoms with Gasteiger partial charge in [-0.15, -0.1) is 0 Å². The van der Waals surface area contributed by atoms with Gasteiger partial charge in [-0.25, -0.2) is 0 Å². The van der Waals surface area contributed by atoms with Gasteiger partial charge in [0, 0.05) is 19.2 Å². The van der Waals surface area contributed by atoms with E-state index in [1.54, 1.807) is 0 Å². The standard InChI is InChI=1S/C14H21NO/c1-4-5-8-11-15(3)14(16)13-10-7-6-9-12(13)2/h6-7,9-10H,4-5,8,11H2,1-3H3. The molecule has 2 heteroatoms. The van der Waals surface area contributed by atoms with Crippen molar-refractivity contribution in [1.29, 1.82) is 0 Å². The summed E-state index contributed by atoms with van der Waals surface area (Å²) in [5.41, 5.74) is 1.87. The quantitative estimate of drug-likeness (QED) is 0.696. The number of carbonyl (C=O) groups excluding carboxylic acids is 1. The Morgan fingerprint density at radius 1 is 1.25 bits per heavy atom. The van der Waals surface area contributed by atoms with Crippen LogP contribution in [-0.2, 0) is 0 Å². The molecule has 2 nitrogen and oxygen atoms in total. The van der Waals surface area contributed by atoms with Crippen LogP contribution in [0.15, 0.2) is 24.3 Å². The number of hydrogen-bond donors (Lipinski definition) is 0. The molecular formula is C14H21NO. The van der Waals surface area contributed by atoms with E-state index in [1.807, 2.05) is 43.1 Å². The van der Waals surface area contributed by atoms with Crippen LogP contribution in [0.1, 0.15) is 42.1 Å². The van der Waals surface area contributed by atoms with Crippen LogP contribution in [0.2, 0.25) is 0 Å². The fourth-order valence-corrected chi connectivity index (χ4v) is 1.72. The number of nitrogens with zero attached hydrogens (tertiary/aromatic N) is 1. The highest BCUT2D eigenvalue weighted by Gasteiger charge is 2.12. The van der Waals surface area contributed by atoms with Crippen LogP contribution in [0, 0.1) is 6.92 Å². The molecule has 0 fully saturated rings. The Bertz CT molecular complexity index is 346. The van der Waals surface area contributed by atoms with Gasteiger partial charge in [0.05, 0.1) is 0 Å². The Hall–Kier alpha value is -1.31. The molecule has 0 saturated heterocycles. The van der Waals surface area contributed by atoms with E-state index >= 15 is 0 Å². The Balaban J connectivity index is 2.60. The van der Waals surface area contributed by atoms with Gasteiger partial charge in [-0.2, -0.15) is 0 Å². The molecule has 0 atom stereocenters. The first-order valence-electron chi connectivity index (χ1n) is 5.98. The van der Waals surface area contributed by atoms with E-state index in [0.717, 1.165) is 24.1 Å². The minimum atomic E-state index is 0.134. The number of amides is 1. The maximum Gasteiger partial charge on any atom is 0.253 e. The van der Waals surface area contributed by atoms with Crippen molar-refractivity contribution in [2.45, 2.75) is 33.1 Å². The van der Waals surface area contributed by atoms with Crippen molar-refractivity contribution in [1.82, 2.24) is 4.90 Å². The van der Waals surface area contributed by atoms with Crippen molar-refractivity contribution < 1.29 is 4.79 Å². The topological polar surface area (TPSA) is 20.3 Å². The van der Waals surface area contributed by atoms with Gasteiger partial charge in [0.25, 0.3) is 5.91 Å². The lowest BCUT2D eigenvalue weighted by Crippen LogP contribution is -2.28. The molecule has 0 aromatic heterocycles. The zero-order valence-corrected chi connectivity index (χ0v) is 10.5. The molecule has 0 heterocycles. The molecule has 1 aromatic rings. The molecule has 0 aliphatic carbocycles. The second kappa shape index (κ2) is 6.31. The van der Waals surface area contributed by atoms with Crippen LogP contribution >= 0.6 is 0 Å². The fraction of sp³-hybridized carbons (Fsp3) is 0.500. The molecule has 0 saturated carbocycles. The number of carbonyl (C=O) groups is 1. The zero-order chi connectivity index (χ0) is 12.0. The van der Waals surface area contributed by atoms with Crippen LogP contribution in [0.25, 0.3) is 0 Å². The predicted octanol–water partition coefficient (Wildman–Crippen LogP) is 3.26. The molecule has 0 spiro atoms. The molecule has 0 bridgehead atoms. The summed E-state index contributed by atoms with van der Waals surface area (Å²) in [6.45, 7) is 5.00. The highest BCUT2D eigenvalue weighted by atomic mass is 16.2. The van der Waals surface area contributed by atoms with Gasteiger partial charge in [-0.1, -0.05) is 38.0 Å². The van der Waals surface area contributed by atoms with Gasteiger partial charge in [-0.3, -0.25) is 4.79 Å². The summed E-state index contributed by atoms with van der Waals surface area (Å²) in [6, 6.07) is 7.75. The van der Waals surface area contributed by atoms with Crippen molar-refractivity contribution in [3.05, 3.63) is 35.4 Å². The Kier molecular flexibility index (Phi) is 5.03. The monoisotopic (exact) mass is 219 g/mol. The van der Waals surface area contributed by atoms with Crippen LogP contribution < -0.4 is 0 Å². The van der Waals surface area contributed by atoms with Gasteiger partial charge < -0.3 is 4.90 Å². The largest absolute Gasteiger partial charge is 0.342 e. The first-order valence-corrected chi connectivity index (χ1v) is 5.98. The van der Waals surface area contributed by atoms with E-state index in [4.69, 9.17) is 0 Å². The van der Waals surface area contributed by atoms with Gasteiger partial charge in [0.1, 0.15) is 0 Å². The molecular weight excluding hydrogens is 198 g/mol. The average molecular weight is 219 g/mol. The molecule has 0 unspecified atom stereocenters. The number of benzene rings is 1. The second-order valence-electron chi connectivity index (χ2n) is 4.25. The summed E-state index contributed by atoms with van der Waals surface area (Å²) < 4.78 is 0. The predicted molar refractivity (Wildman–Crippen MR) is 67.7 cm³/mol. The second-order valence-corrected chi connectivity index (χ2v) is 4.25. The minimum Gasteiger partial charge on any atom is -0.342 e. The Morgan fingerprint density at radius 2 is 1.94 bits per heavy atom. The molecule has 0 aliphatic heterocycles. The van der Waals surface area contributed by atoms with E-state index in [1.165, 1.54) is 12.8 Å². The number of aryl methyl sites for hydroxylation is 1. The summed E-state index contributed by atoms with van der Waals surface area (Å²) in [5, 5.41) is 0. The number of unbranched alkanes of at least 4 members (excludes halogenated alkanes) is 2. The molecule has 1 rings (SSSR count). The fourth-order valence-electron chi connectivity index (χ4n) is 1.72. The molecule has 0 aliphatic rings. The van der Waals surface area contributed by atoms with Crippen molar-refractivity contribution >= 4 is 5.91 Å². The summed E-state index contributed by atoms with van der Waals surface area (Å²) in [7, 11) is 1.88. The smallest absolute Gasteiger partial charge is 0.253 e. The molecule has 1 aromatic carbocycles. The van der Waals surface area contributed by atoms with E-state index in [9.17, 15) is 4.79 Å². The third-order valence-electron chi connectivity index (χ3n) is 2.82. The third kappa shape index (κ3) is 3.37. The lowest BCUT2D eigenvalue weighted by Gasteiger charge is -2.18. The SMILES string of the molecule is CCCCCN(C)C(=O)c1ccccc1C. The molecule has 1 amide bonds. The van der Waals surface area contributed by atoms with Crippen LogP contribution in [0.3, 0.4) is 0 Å². The Labute approximate surface area is 98.3 Å². The summed E-state index contributed by atoms with van der Waals surface area (Å²) in [5.74, 6) is 0.134. The van der Waals surface area contributed by atoms with Crippen molar-refractivity contribution in [3.63, 3.8) is 0 Å². The van der Waals surface area contributed by atoms with Gasteiger partial charge in [0.15, 0.2) is 0 Å². The highest BCUT2D eigenvalue weighted by molar-refractivity contribution is 5.95. The molecule has 16 heavy (non-hydrogen) atoms. The number of hydrogen-bond acceptors (Lipinski definition) is 1. The molecule has 88 valence electrons. The van der Waals surface area contributed by atoms with Crippen molar-refractivity contribution in [3.8, 4) is 0 Å². The van der Waals surface area contributed by atoms with E-state index in [-0.39, 0.29) is 5.91 Å². The lowest BCUT2D eigenvalue weighted by atomic mass is 10.1. The lowest BCUT2D eigenvalue weighted by molar-refractivity contribution is 0.0792. The maximum absolute atomic E-state index is 12.1.